The second-order valence-corrected chi connectivity index (χ2v) is 5.84. The fourth-order valence-corrected chi connectivity index (χ4v) is 3.26. The molecule has 0 aromatic heterocycles. The van der Waals surface area contributed by atoms with Crippen molar-refractivity contribution in [2.45, 2.75) is 31.7 Å². The highest BCUT2D eigenvalue weighted by molar-refractivity contribution is 5.85. The minimum atomic E-state index is -0.229. The Hall–Kier alpha value is -0.810. The van der Waals surface area contributed by atoms with Gasteiger partial charge in [0.05, 0.1) is 5.92 Å². The van der Waals surface area contributed by atoms with Crippen LogP contribution in [0.25, 0.3) is 0 Å². The molecule has 2 rings (SSSR count). The summed E-state index contributed by atoms with van der Waals surface area (Å²) < 4.78 is 0. The van der Waals surface area contributed by atoms with Crippen LogP contribution in [-0.2, 0) is 4.79 Å². The predicted molar refractivity (Wildman–Crippen MR) is 101 cm³/mol. The molecule has 0 saturated carbocycles. The second-order valence-electron chi connectivity index (χ2n) is 5.84. The number of carbonyl (C=O) groups excluding carboxylic acids is 1. The number of halogens is 2. The monoisotopic (exact) mass is 361 g/mol. The third-order valence-electron chi connectivity index (χ3n) is 4.50. The Balaban J connectivity index is 0.00000242. The molecule has 2 unspecified atom stereocenters. The molecule has 0 spiro atoms. The predicted octanol–water partition coefficient (Wildman–Crippen LogP) is 2.52. The van der Waals surface area contributed by atoms with E-state index in [1.165, 1.54) is 12.8 Å². The zero-order valence-corrected chi connectivity index (χ0v) is 15.6. The Labute approximate surface area is 152 Å². The van der Waals surface area contributed by atoms with Gasteiger partial charge < -0.3 is 10.6 Å². The highest BCUT2D eigenvalue weighted by Gasteiger charge is 2.28. The number of hydrogen-bond donors (Lipinski definition) is 1. The topological polar surface area (TPSA) is 49.6 Å². The number of nitrogens with two attached hydrogens (primary N) is 1. The summed E-state index contributed by atoms with van der Waals surface area (Å²) in [5, 5.41) is 0. The number of amides is 1. The number of rotatable bonds is 6. The average Bonchev–Trinajstić information content (AvgIpc) is 2.96. The van der Waals surface area contributed by atoms with Crippen molar-refractivity contribution >= 4 is 30.7 Å². The van der Waals surface area contributed by atoms with Crippen LogP contribution in [0.5, 0.6) is 0 Å². The van der Waals surface area contributed by atoms with Crippen LogP contribution in [0, 0.1) is 0 Å². The van der Waals surface area contributed by atoms with Gasteiger partial charge in [0.1, 0.15) is 0 Å². The maximum Gasteiger partial charge on any atom is 0.231 e. The summed E-state index contributed by atoms with van der Waals surface area (Å²) in [6, 6.07) is 10.3. The van der Waals surface area contributed by atoms with Gasteiger partial charge in [-0.15, -0.1) is 24.8 Å². The normalized spacial score (nSPS) is 18.7. The molecule has 0 radical (unpaired) electrons. The van der Waals surface area contributed by atoms with Gasteiger partial charge in [0, 0.05) is 26.2 Å². The number of benzene rings is 1. The molecule has 1 heterocycles. The third kappa shape index (κ3) is 5.64. The molecular weight excluding hydrogens is 333 g/mol. The second kappa shape index (κ2) is 10.9. The van der Waals surface area contributed by atoms with Gasteiger partial charge in [-0.1, -0.05) is 37.3 Å². The van der Waals surface area contributed by atoms with Crippen molar-refractivity contribution in [2.75, 3.05) is 33.2 Å². The number of hydrogen-bond acceptors (Lipinski definition) is 3. The summed E-state index contributed by atoms with van der Waals surface area (Å²) in [5.74, 6) is -0.0978. The Morgan fingerprint density at radius 2 is 2.00 bits per heavy atom. The lowest BCUT2D eigenvalue weighted by Gasteiger charge is -2.30. The molecule has 0 bridgehead atoms. The molecule has 1 saturated heterocycles. The van der Waals surface area contributed by atoms with Crippen molar-refractivity contribution in [1.29, 1.82) is 0 Å². The van der Waals surface area contributed by atoms with E-state index in [-0.39, 0.29) is 36.6 Å². The van der Waals surface area contributed by atoms with Gasteiger partial charge in [0.15, 0.2) is 0 Å². The van der Waals surface area contributed by atoms with Crippen LogP contribution in [0.15, 0.2) is 30.3 Å². The van der Waals surface area contributed by atoms with Crippen molar-refractivity contribution < 1.29 is 4.79 Å². The minimum Gasteiger partial charge on any atom is -0.344 e. The lowest BCUT2D eigenvalue weighted by Crippen LogP contribution is -2.43. The first-order valence-electron chi connectivity index (χ1n) is 7.91. The molecule has 132 valence electrons. The maximum atomic E-state index is 12.7. The van der Waals surface area contributed by atoms with Gasteiger partial charge in [-0.25, -0.2) is 0 Å². The minimum absolute atomic E-state index is 0. The van der Waals surface area contributed by atoms with E-state index in [1.807, 2.05) is 42.3 Å². The molecule has 2 N–H and O–H groups in total. The zero-order chi connectivity index (χ0) is 15.2. The zero-order valence-electron chi connectivity index (χ0n) is 14.0. The number of likely N-dealkylation sites (tertiary alicyclic amines) is 1. The van der Waals surface area contributed by atoms with Crippen molar-refractivity contribution in [1.82, 2.24) is 9.80 Å². The Morgan fingerprint density at radius 3 is 2.57 bits per heavy atom. The first-order valence-corrected chi connectivity index (χ1v) is 7.91. The molecule has 1 aliphatic rings. The lowest BCUT2D eigenvalue weighted by molar-refractivity contribution is -0.131. The van der Waals surface area contributed by atoms with Crippen LogP contribution in [0.1, 0.15) is 31.2 Å². The summed E-state index contributed by atoms with van der Waals surface area (Å²) in [6.07, 6.45) is 2.42. The quantitative estimate of drug-likeness (QED) is 0.846. The number of carbonyl (C=O) groups is 1. The van der Waals surface area contributed by atoms with E-state index in [4.69, 9.17) is 5.73 Å². The SMILES string of the molecule is CCN1CCCC1CN(C)C(=O)C(CN)c1ccccc1.Cl.Cl. The Kier molecular flexibility index (Phi) is 10.5. The van der Waals surface area contributed by atoms with E-state index in [2.05, 4.69) is 11.8 Å². The van der Waals surface area contributed by atoms with Gasteiger partial charge in [-0.2, -0.15) is 0 Å². The van der Waals surface area contributed by atoms with E-state index in [0.717, 1.165) is 25.2 Å². The summed E-state index contributed by atoms with van der Waals surface area (Å²) >= 11 is 0. The fourth-order valence-electron chi connectivity index (χ4n) is 3.26. The number of nitrogens with zero attached hydrogens (tertiary/aromatic N) is 2. The van der Waals surface area contributed by atoms with E-state index in [9.17, 15) is 4.79 Å². The van der Waals surface area contributed by atoms with Crippen molar-refractivity contribution in [2.24, 2.45) is 5.73 Å². The molecule has 2 atom stereocenters. The summed E-state index contributed by atoms with van der Waals surface area (Å²) in [7, 11) is 1.90. The van der Waals surface area contributed by atoms with E-state index >= 15 is 0 Å². The molecule has 23 heavy (non-hydrogen) atoms. The van der Waals surface area contributed by atoms with E-state index in [1.54, 1.807) is 0 Å². The van der Waals surface area contributed by atoms with Crippen molar-refractivity contribution in [3.63, 3.8) is 0 Å². The molecule has 4 nitrogen and oxygen atoms in total. The van der Waals surface area contributed by atoms with Crippen LogP contribution in [0.3, 0.4) is 0 Å². The van der Waals surface area contributed by atoms with Gasteiger partial charge in [0.25, 0.3) is 0 Å². The molecule has 1 amide bonds. The standard InChI is InChI=1S/C17H27N3O.2ClH/c1-3-20-11-7-10-15(20)13-19(2)17(21)16(12-18)14-8-5-4-6-9-14;;/h4-6,8-9,15-16H,3,7,10-13,18H2,1-2H3;2*1H. The van der Waals surface area contributed by atoms with Crippen LogP contribution in [-0.4, -0.2) is 55.0 Å². The highest BCUT2D eigenvalue weighted by atomic mass is 35.5. The fraction of sp³-hybridized carbons (Fsp3) is 0.588. The van der Waals surface area contributed by atoms with Crippen LogP contribution >= 0.6 is 24.8 Å². The number of likely N-dealkylation sites (N-methyl/N-ethyl adjacent to an activating group) is 2. The first kappa shape index (κ1) is 22.2. The lowest BCUT2D eigenvalue weighted by atomic mass is 9.97. The highest BCUT2D eigenvalue weighted by Crippen LogP contribution is 2.20. The largest absolute Gasteiger partial charge is 0.344 e. The Morgan fingerprint density at radius 1 is 1.35 bits per heavy atom. The van der Waals surface area contributed by atoms with Crippen molar-refractivity contribution in [3.8, 4) is 0 Å². The van der Waals surface area contributed by atoms with Crippen LogP contribution < -0.4 is 5.73 Å². The van der Waals surface area contributed by atoms with Crippen LogP contribution in [0.4, 0.5) is 0 Å². The third-order valence-corrected chi connectivity index (χ3v) is 4.50. The summed E-state index contributed by atoms with van der Waals surface area (Å²) in [6.45, 7) is 5.56. The average molecular weight is 362 g/mol. The molecular formula is C17H29Cl2N3O. The van der Waals surface area contributed by atoms with Gasteiger partial charge in [0.2, 0.25) is 5.91 Å². The summed E-state index contributed by atoms with van der Waals surface area (Å²) in [5.41, 5.74) is 6.86. The van der Waals surface area contributed by atoms with E-state index < -0.39 is 0 Å². The molecule has 0 aliphatic carbocycles. The summed E-state index contributed by atoms with van der Waals surface area (Å²) in [4.78, 5) is 17.0. The first-order chi connectivity index (χ1) is 10.2. The Bertz CT molecular complexity index is 458. The molecule has 1 aromatic carbocycles. The molecule has 1 aromatic rings. The van der Waals surface area contributed by atoms with E-state index in [0.29, 0.717) is 12.6 Å². The maximum absolute atomic E-state index is 12.7. The molecule has 1 aliphatic heterocycles. The van der Waals surface area contributed by atoms with Gasteiger partial charge >= 0.3 is 0 Å². The van der Waals surface area contributed by atoms with Gasteiger partial charge in [-0.05, 0) is 31.5 Å². The smallest absolute Gasteiger partial charge is 0.231 e. The van der Waals surface area contributed by atoms with Gasteiger partial charge in [-0.3, -0.25) is 9.69 Å². The molecule has 6 heteroatoms. The van der Waals surface area contributed by atoms with Crippen molar-refractivity contribution in [3.05, 3.63) is 35.9 Å². The molecule has 1 fully saturated rings. The van der Waals surface area contributed by atoms with Crippen LogP contribution in [0.2, 0.25) is 0 Å².